The molecule has 0 bridgehead atoms. The average Bonchev–Trinajstić information content (AvgIpc) is 3.23. The minimum absolute atomic E-state index is 0.174. The van der Waals surface area contributed by atoms with Crippen molar-refractivity contribution in [2.24, 2.45) is 0 Å². The van der Waals surface area contributed by atoms with Gasteiger partial charge in [0.2, 0.25) is 0 Å². The number of hydrogen-bond donors (Lipinski definition) is 2. The van der Waals surface area contributed by atoms with E-state index in [1.807, 2.05) is 30.3 Å². The molecule has 4 heterocycles. The van der Waals surface area contributed by atoms with Crippen LogP contribution in [0.25, 0.3) is 16.9 Å². The highest BCUT2D eigenvalue weighted by Crippen LogP contribution is 2.32. The number of aromatic nitrogens is 4. The first-order valence-electron chi connectivity index (χ1n) is 12.8. The van der Waals surface area contributed by atoms with E-state index < -0.39 is 12.2 Å². The molecule has 0 aliphatic carbocycles. The van der Waals surface area contributed by atoms with Gasteiger partial charge in [-0.1, -0.05) is 18.2 Å². The molecule has 37 heavy (non-hydrogen) atoms. The van der Waals surface area contributed by atoms with Crippen LogP contribution in [0.3, 0.4) is 0 Å². The molecule has 9 nitrogen and oxygen atoms in total. The molecule has 2 aromatic carbocycles. The van der Waals surface area contributed by atoms with Crippen molar-refractivity contribution < 1.29 is 9.13 Å². The number of likely N-dealkylation sites (tertiary alicyclic amines) is 1. The lowest BCUT2D eigenvalue weighted by molar-refractivity contribution is 0.0497. The number of nitrogens with one attached hydrogen (secondary N) is 1. The van der Waals surface area contributed by atoms with E-state index in [9.17, 15) is 4.79 Å². The third kappa shape index (κ3) is 4.47. The van der Waals surface area contributed by atoms with E-state index in [0.29, 0.717) is 47.4 Å². The molecule has 6 rings (SSSR count). The molecule has 2 atom stereocenters. The zero-order valence-electron chi connectivity index (χ0n) is 20.5. The molecule has 10 heteroatoms. The Labute approximate surface area is 213 Å². The van der Waals surface area contributed by atoms with Crippen molar-refractivity contribution in [1.82, 2.24) is 29.3 Å². The maximum Gasteiger partial charge on any atom is 0.335 e. The van der Waals surface area contributed by atoms with Crippen molar-refractivity contribution in [3.05, 3.63) is 71.4 Å². The van der Waals surface area contributed by atoms with Gasteiger partial charge in [-0.25, -0.2) is 19.2 Å². The maximum atomic E-state index is 15.7. The summed E-state index contributed by atoms with van der Waals surface area (Å²) in [5.41, 5.74) is 7.18. The number of alkyl halides is 1. The lowest BCUT2D eigenvalue weighted by Gasteiger charge is -2.41. The Bertz CT molecular complexity index is 1430. The lowest BCUT2D eigenvalue weighted by Crippen LogP contribution is -2.51. The zero-order chi connectivity index (χ0) is 25.4. The Balaban J connectivity index is 1.33. The van der Waals surface area contributed by atoms with E-state index in [1.165, 1.54) is 15.5 Å². The smallest absolute Gasteiger partial charge is 0.335 e. The van der Waals surface area contributed by atoms with Crippen LogP contribution in [0.4, 0.5) is 10.2 Å². The van der Waals surface area contributed by atoms with Gasteiger partial charge < -0.3 is 15.8 Å². The summed E-state index contributed by atoms with van der Waals surface area (Å²) >= 11 is 0. The summed E-state index contributed by atoms with van der Waals surface area (Å²) in [5, 5.41) is 3.36. The van der Waals surface area contributed by atoms with Crippen molar-refractivity contribution in [2.45, 2.75) is 37.5 Å². The highest BCUT2D eigenvalue weighted by Gasteiger charge is 2.37. The Morgan fingerprint density at radius 2 is 1.70 bits per heavy atom. The second-order valence-corrected chi connectivity index (χ2v) is 9.68. The second kappa shape index (κ2) is 9.95. The quantitative estimate of drug-likeness (QED) is 0.431. The van der Waals surface area contributed by atoms with Gasteiger partial charge in [-0.15, -0.1) is 0 Å². The number of benzene rings is 2. The minimum atomic E-state index is -1.20. The summed E-state index contributed by atoms with van der Waals surface area (Å²) in [7, 11) is 0. The van der Waals surface area contributed by atoms with E-state index in [2.05, 4.69) is 20.2 Å². The summed E-state index contributed by atoms with van der Waals surface area (Å²) in [6.45, 7) is 2.96. The minimum Gasteiger partial charge on any atom is -0.457 e. The van der Waals surface area contributed by atoms with Gasteiger partial charge in [0.1, 0.15) is 29.5 Å². The predicted molar refractivity (Wildman–Crippen MR) is 140 cm³/mol. The van der Waals surface area contributed by atoms with E-state index in [1.54, 1.807) is 24.3 Å². The summed E-state index contributed by atoms with van der Waals surface area (Å²) in [4.78, 5) is 24.6. The third-order valence-electron chi connectivity index (χ3n) is 7.45. The van der Waals surface area contributed by atoms with Gasteiger partial charge in [0, 0.05) is 19.1 Å². The van der Waals surface area contributed by atoms with Gasteiger partial charge in [0.05, 0.1) is 11.7 Å². The molecule has 0 saturated carbocycles. The van der Waals surface area contributed by atoms with Crippen LogP contribution in [-0.2, 0) is 0 Å². The van der Waals surface area contributed by atoms with Crippen molar-refractivity contribution in [2.75, 3.05) is 31.9 Å². The highest BCUT2D eigenvalue weighted by molar-refractivity contribution is 5.84. The standard InChI is InChI=1S/C27H30FN7O2/c28-22-16-33(18-10-13-30-14-11-18)15-12-23(22)35-26-24(25(29)31-17-32-26)34(27(35)36)19-6-8-21(9-7-19)37-20-4-2-1-3-5-20/h1-9,17-18,22-23,30H,10-16H2,(H2,29,31,32)/t22-,23-/m1/s1. The number of nitrogens with two attached hydrogens (primary N) is 1. The Hall–Kier alpha value is -3.76. The van der Waals surface area contributed by atoms with Crippen molar-refractivity contribution in [3.63, 3.8) is 0 Å². The summed E-state index contributed by atoms with van der Waals surface area (Å²) < 4.78 is 24.5. The van der Waals surface area contributed by atoms with E-state index in [0.717, 1.165) is 32.5 Å². The van der Waals surface area contributed by atoms with Gasteiger partial charge in [-0.05, 0) is 68.8 Å². The molecular formula is C27H30FN7O2. The van der Waals surface area contributed by atoms with Crippen LogP contribution in [-0.4, -0.2) is 62.4 Å². The second-order valence-electron chi connectivity index (χ2n) is 9.68. The van der Waals surface area contributed by atoms with Gasteiger partial charge in [-0.2, -0.15) is 0 Å². The number of piperidine rings is 2. The monoisotopic (exact) mass is 503 g/mol. The molecule has 0 spiro atoms. The molecule has 2 fully saturated rings. The number of hydrogen-bond acceptors (Lipinski definition) is 7. The van der Waals surface area contributed by atoms with E-state index >= 15 is 4.39 Å². The predicted octanol–water partition coefficient (Wildman–Crippen LogP) is 3.29. The van der Waals surface area contributed by atoms with E-state index in [4.69, 9.17) is 10.5 Å². The lowest BCUT2D eigenvalue weighted by atomic mass is 9.97. The topological polar surface area (TPSA) is 103 Å². The van der Waals surface area contributed by atoms with Crippen LogP contribution in [0.15, 0.2) is 65.7 Å². The number of rotatable bonds is 5. The van der Waals surface area contributed by atoms with Crippen LogP contribution in [0.5, 0.6) is 11.5 Å². The number of halogens is 1. The number of para-hydroxylation sites is 1. The summed E-state index contributed by atoms with van der Waals surface area (Å²) in [5.74, 6) is 1.52. The zero-order valence-corrected chi connectivity index (χ0v) is 20.5. The SMILES string of the molecule is Nc1ncnc2c1n(-c1ccc(Oc3ccccc3)cc1)c(=O)n2[C@@H]1CCN(C2CCNCC2)C[C@H]1F. The molecule has 0 radical (unpaired) electrons. The number of ether oxygens (including phenoxy) is 1. The molecule has 192 valence electrons. The molecule has 4 aromatic rings. The number of fused-ring (bicyclic) bond motifs is 1. The van der Waals surface area contributed by atoms with Crippen LogP contribution in [0.2, 0.25) is 0 Å². The molecule has 2 saturated heterocycles. The van der Waals surface area contributed by atoms with Gasteiger partial charge in [0.15, 0.2) is 11.5 Å². The Kier molecular flexibility index (Phi) is 6.35. The molecular weight excluding hydrogens is 473 g/mol. The number of nitrogen functional groups attached to an aromatic ring is 1. The van der Waals surface area contributed by atoms with Gasteiger partial charge >= 0.3 is 5.69 Å². The fourth-order valence-corrected chi connectivity index (χ4v) is 5.60. The van der Waals surface area contributed by atoms with Gasteiger partial charge in [0.25, 0.3) is 0 Å². The average molecular weight is 504 g/mol. The largest absolute Gasteiger partial charge is 0.457 e. The highest BCUT2D eigenvalue weighted by atomic mass is 19.1. The van der Waals surface area contributed by atoms with Crippen LogP contribution >= 0.6 is 0 Å². The number of nitrogens with zero attached hydrogens (tertiary/aromatic N) is 5. The first-order chi connectivity index (χ1) is 18.1. The summed E-state index contributed by atoms with van der Waals surface area (Å²) in [6.07, 6.45) is 2.69. The molecule has 2 aromatic heterocycles. The van der Waals surface area contributed by atoms with Gasteiger partial charge in [-0.3, -0.25) is 14.0 Å². The molecule has 2 aliphatic heterocycles. The number of imidazole rings is 1. The van der Waals surface area contributed by atoms with Crippen molar-refractivity contribution >= 4 is 17.0 Å². The van der Waals surface area contributed by atoms with Crippen molar-refractivity contribution in [3.8, 4) is 17.2 Å². The molecule has 0 amide bonds. The summed E-state index contributed by atoms with van der Waals surface area (Å²) in [6, 6.07) is 16.3. The Morgan fingerprint density at radius 1 is 0.973 bits per heavy atom. The molecule has 2 aliphatic rings. The normalized spacial score (nSPS) is 21.3. The maximum absolute atomic E-state index is 15.7. The Morgan fingerprint density at radius 3 is 2.43 bits per heavy atom. The van der Waals surface area contributed by atoms with E-state index in [-0.39, 0.29) is 11.5 Å². The van der Waals surface area contributed by atoms with Crippen molar-refractivity contribution in [1.29, 1.82) is 0 Å². The fourth-order valence-electron chi connectivity index (χ4n) is 5.60. The van der Waals surface area contributed by atoms with Crippen LogP contribution in [0.1, 0.15) is 25.3 Å². The first kappa shape index (κ1) is 23.6. The number of anilines is 1. The van der Waals surface area contributed by atoms with Crippen LogP contribution in [0, 0.1) is 0 Å². The van der Waals surface area contributed by atoms with Crippen LogP contribution < -0.4 is 21.5 Å². The fraction of sp³-hybridized carbons (Fsp3) is 0.370. The molecule has 3 N–H and O–H groups in total. The molecule has 0 unspecified atom stereocenters. The first-order valence-corrected chi connectivity index (χ1v) is 12.8. The third-order valence-corrected chi connectivity index (χ3v) is 7.45.